The number of hydrogen-bond donors (Lipinski definition) is 13. The molecule has 3 aliphatic heterocycles. The number of carbonyl (C=O) groups is 3. The summed E-state index contributed by atoms with van der Waals surface area (Å²) in [5, 5.41) is 118. The van der Waals surface area contributed by atoms with Gasteiger partial charge in [0.15, 0.2) is 12.6 Å². The Labute approximate surface area is 260 Å². The van der Waals surface area contributed by atoms with E-state index in [2.05, 4.69) is 10.6 Å². The van der Waals surface area contributed by atoms with Crippen molar-refractivity contribution in [2.45, 2.75) is 118 Å². The van der Waals surface area contributed by atoms with Gasteiger partial charge in [-0.1, -0.05) is 0 Å². The van der Waals surface area contributed by atoms with Crippen LogP contribution in [-0.4, -0.2) is 191 Å². The normalized spacial score (nSPS) is 42.9. The van der Waals surface area contributed by atoms with Crippen molar-refractivity contribution >= 4 is 17.8 Å². The fourth-order valence-electron chi connectivity index (χ4n) is 5.56. The topological polar surface area (TPSA) is 344 Å². The number of carbonyl (C=O) groups excluding carboxylic acids is 2. The SMILES string of the molecule is CC(=O)N[C@@H]1[C@@H](O[C@@H]2O[C@H](CO)[C@H](O)[C@H](O[C@]3(C(=O)O)C[C@H](O)[C@@H](NC(C)=O)[C@H]([C@H](O)[C@H](O)CO)O3)[C@H]2O)[C@@H](O)[C@@H](CO)O[C@H]1O. The van der Waals surface area contributed by atoms with Crippen LogP contribution in [0, 0.1) is 0 Å². The Bertz CT molecular complexity index is 1050. The fourth-order valence-corrected chi connectivity index (χ4v) is 5.56. The van der Waals surface area contributed by atoms with Crippen molar-refractivity contribution in [1.82, 2.24) is 10.6 Å². The molecule has 3 fully saturated rings. The van der Waals surface area contributed by atoms with Gasteiger partial charge in [0, 0.05) is 20.3 Å². The third kappa shape index (κ3) is 8.08. The summed E-state index contributed by atoms with van der Waals surface area (Å²) in [6.45, 7) is -0.777. The van der Waals surface area contributed by atoms with Gasteiger partial charge in [0.2, 0.25) is 11.8 Å². The van der Waals surface area contributed by atoms with Crippen molar-refractivity contribution in [1.29, 1.82) is 0 Å². The molecule has 0 spiro atoms. The van der Waals surface area contributed by atoms with Gasteiger partial charge in [0.25, 0.3) is 5.79 Å². The highest BCUT2D eigenvalue weighted by atomic mass is 16.8. The Hall–Kier alpha value is -2.19. The molecule has 3 saturated heterocycles. The van der Waals surface area contributed by atoms with Gasteiger partial charge < -0.3 is 90.5 Å². The Balaban J connectivity index is 1.98. The molecule has 0 radical (unpaired) electrons. The number of aliphatic hydroxyl groups is 10. The number of rotatable bonds is 12. The molecule has 0 unspecified atom stereocenters. The second-order valence-electron chi connectivity index (χ2n) is 11.2. The summed E-state index contributed by atoms with van der Waals surface area (Å²) in [6, 6.07) is -3.08. The van der Waals surface area contributed by atoms with E-state index in [1.54, 1.807) is 0 Å². The second kappa shape index (κ2) is 15.8. The number of nitrogens with one attached hydrogen (secondary N) is 2. The third-order valence-electron chi connectivity index (χ3n) is 7.87. The largest absolute Gasteiger partial charge is 0.477 e. The van der Waals surface area contributed by atoms with Crippen molar-refractivity contribution in [2.24, 2.45) is 0 Å². The highest BCUT2D eigenvalue weighted by molar-refractivity contribution is 5.76. The quantitative estimate of drug-likeness (QED) is 0.0913. The van der Waals surface area contributed by atoms with E-state index >= 15 is 0 Å². The van der Waals surface area contributed by atoms with Crippen molar-refractivity contribution in [3.8, 4) is 0 Å². The average Bonchev–Trinajstić information content (AvgIpc) is 2.99. The summed E-state index contributed by atoms with van der Waals surface area (Å²) in [5.41, 5.74) is 0. The standard InChI is InChI=1S/C25H42N2O19/c1-7(31)26-13-9(33)3-25(24(40)41,45-20(13)15(35)10(34)4-28)46-21-17(37)12(6-30)43-23(18(21)38)44-19-14(27-8(2)32)22(39)42-11(5-29)16(19)36/h9-23,28-30,33-39H,3-6H2,1-2H3,(H,26,31)(H,27,32)(H,40,41)/t9-,10+,11+,12+,13+,14+,15+,16-,17-,18+,19+,20+,21-,22+,23-,25-/m0/s1. The first-order valence-electron chi connectivity index (χ1n) is 14.2. The highest BCUT2D eigenvalue weighted by Gasteiger charge is 2.60. The lowest BCUT2D eigenvalue weighted by atomic mass is 9.88. The summed E-state index contributed by atoms with van der Waals surface area (Å²) in [5.74, 6) is -6.50. The lowest BCUT2D eigenvalue weighted by Crippen LogP contribution is -2.71. The molecule has 3 rings (SSSR count). The van der Waals surface area contributed by atoms with Gasteiger partial charge in [-0.05, 0) is 0 Å². The van der Waals surface area contributed by atoms with E-state index < -0.39 is 142 Å². The maximum atomic E-state index is 12.6. The molecule has 13 N–H and O–H groups in total. The van der Waals surface area contributed by atoms with E-state index in [-0.39, 0.29) is 0 Å². The maximum Gasteiger partial charge on any atom is 0.364 e. The summed E-state index contributed by atoms with van der Waals surface area (Å²) >= 11 is 0. The first kappa shape index (κ1) is 38.3. The van der Waals surface area contributed by atoms with Crippen LogP contribution in [0.25, 0.3) is 0 Å². The van der Waals surface area contributed by atoms with Crippen molar-refractivity contribution in [3.05, 3.63) is 0 Å². The lowest BCUT2D eigenvalue weighted by Gasteiger charge is -2.50. The minimum absolute atomic E-state index is 0.720. The zero-order valence-corrected chi connectivity index (χ0v) is 24.7. The van der Waals surface area contributed by atoms with E-state index in [0.29, 0.717) is 0 Å². The van der Waals surface area contributed by atoms with E-state index in [9.17, 15) is 70.6 Å². The zero-order chi connectivity index (χ0) is 34.7. The molecular weight excluding hydrogens is 632 g/mol. The molecule has 0 aromatic carbocycles. The molecule has 16 atom stereocenters. The predicted molar refractivity (Wildman–Crippen MR) is 142 cm³/mol. The number of carboxylic acids is 1. The van der Waals surface area contributed by atoms with Gasteiger partial charge in [0.05, 0.1) is 32.0 Å². The van der Waals surface area contributed by atoms with Gasteiger partial charge in [-0.25, -0.2) is 4.79 Å². The molecular formula is C25H42N2O19. The molecule has 3 aliphatic rings. The number of carboxylic acid groups (broad SMARTS) is 1. The van der Waals surface area contributed by atoms with Crippen LogP contribution in [0.4, 0.5) is 0 Å². The van der Waals surface area contributed by atoms with Gasteiger partial charge >= 0.3 is 5.97 Å². The van der Waals surface area contributed by atoms with Crippen molar-refractivity contribution < 1.29 is 94.2 Å². The van der Waals surface area contributed by atoms with Gasteiger partial charge in [-0.3, -0.25) is 9.59 Å². The second-order valence-corrected chi connectivity index (χ2v) is 11.2. The van der Waals surface area contributed by atoms with E-state index in [4.69, 9.17) is 23.7 Å². The van der Waals surface area contributed by atoms with Crippen LogP contribution in [0.3, 0.4) is 0 Å². The Kier molecular flexibility index (Phi) is 13.1. The monoisotopic (exact) mass is 674 g/mol. The molecule has 0 aromatic heterocycles. The van der Waals surface area contributed by atoms with Gasteiger partial charge in [-0.2, -0.15) is 0 Å². The zero-order valence-electron chi connectivity index (χ0n) is 24.7. The number of ether oxygens (including phenoxy) is 5. The van der Waals surface area contributed by atoms with Crippen LogP contribution >= 0.6 is 0 Å². The van der Waals surface area contributed by atoms with Crippen LogP contribution < -0.4 is 10.6 Å². The summed E-state index contributed by atoms with van der Waals surface area (Å²) in [4.78, 5) is 36.2. The van der Waals surface area contributed by atoms with Gasteiger partial charge in [0.1, 0.15) is 67.1 Å². The number of hydrogen-bond acceptors (Lipinski definition) is 18. The Morgan fingerprint density at radius 2 is 1.39 bits per heavy atom. The average molecular weight is 675 g/mol. The summed E-state index contributed by atoms with van der Waals surface area (Å²) in [6.07, 6.45) is -25.8. The van der Waals surface area contributed by atoms with Gasteiger partial charge in [-0.15, -0.1) is 0 Å². The lowest BCUT2D eigenvalue weighted by molar-refractivity contribution is -0.380. The molecule has 46 heavy (non-hydrogen) atoms. The van der Waals surface area contributed by atoms with Crippen molar-refractivity contribution in [2.75, 3.05) is 19.8 Å². The fraction of sp³-hybridized carbons (Fsp3) is 0.880. The minimum Gasteiger partial charge on any atom is -0.477 e. The molecule has 0 saturated carbocycles. The van der Waals surface area contributed by atoms with Crippen molar-refractivity contribution in [3.63, 3.8) is 0 Å². The van der Waals surface area contributed by atoms with Crippen LogP contribution in [0.2, 0.25) is 0 Å². The minimum atomic E-state index is -3.04. The maximum absolute atomic E-state index is 12.6. The smallest absolute Gasteiger partial charge is 0.364 e. The highest BCUT2D eigenvalue weighted by Crippen LogP contribution is 2.38. The summed E-state index contributed by atoms with van der Waals surface area (Å²) < 4.78 is 27.3. The molecule has 21 heteroatoms. The van der Waals surface area contributed by atoms with Crippen LogP contribution in [-0.2, 0) is 38.1 Å². The third-order valence-corrected chi connectivity index (χ3v) is 7.87. The number of aliphatic carboxylic acids is 1. The molecule has 2 amide bonds. The molecule has 266 valence electrons. The first-order valence-corrected chi connectivity index (χ1v) is 14.2. The summed E-state index contributed by atoms with van der Waals surface area (Å²) in [7, 11) is 0. The van der Waals surface area contributed by atoms with E-state index in [0.717, 1.165) is 13.8 Å². The molecule has 0 bridgehead atoms. The van der Waals surface area contributed by atoms with Crippen LogP contribution in [0.15, 0.2) is 0 Å². The Morgan fingerprint density at radius 1 is 0.848 bits per heavy atom. The number of aliphatic hydroxyl groups excluding tert-OH is 10. The molecule has 0 aromatic rings. The first-order chi connectivity index (χ1) is 21.5. The molecule has 3 heterocycles. The van der Waals surface area contributed by atoms with Crippen LogP contribution in [0.1, 0.15) is 20.3 Å². The van der Waals surface area contributed by atoms with E-state index in [1.165, 1.54) is 0 Å². The van der Waals surface area contributed by atoms with E-state index in [1.807, 2.05) is 0 Å². The Morgan fingerprint density at radius 3 is 1.91 bits per heavy atom. The number of amides is 2. The molecule has 21 nitrogen and oxygen atoms in total. The van der Waals surface area contributed by atoms with Crippen LogP contribution in [0.5, 0.6) is 0 Å². The molecule has 0 aliphatic carbocycles. The predicted octanol–water partition coefficient (Wildman–Crippen LogP) is -8.08.